The summed E-state index contributed by atoms with van der Waals surface area (Å²) in [6.45, 7) is 2.04. The molecular weight excluding hydrogens is 263 g/mol. The first-order chi connectivity index (χ1) is 9.56. The molecule has 1 atom stereocenters. The third-order valence-corrected chi connectivity index (χ3v) is 3.14. The summed E-state index contributed by atoms with van der Waals surface area (Å²) in [4.78, 5) is 0. The zero-order valence-electron chi connectivity index (χ0n) is 11.2. The highest BCUT2D eigenvalue weighted by molar-refractivity contribution is 5.20. The van der Waals surface area contributed by atoms with Crippen LogP contribution >= 0.6 is 0 Å². The fraction of sp³-hybridized carbons (Fsp3) is 0.250. The largest absolute Gasteiger partial charge is 0.310 e. The summed E-state index contributed by atoms with van der Waals surface area (Å²) in [7, 11) is 0. The van der Waals surface area contributed by atoms with Crippen molar-refractivity contribution in [2.75, 3.05) is 0 Å². The zero-order chi connectivity index (χ0) is 14.5. The second-order valence-electron chi connectivity index (χ2n) is 4.81. The molecule has 106 valence electrons. The van der Waals surface area contributed by atoms with Gasteiger partial charge in [0.05, 0.1) is 0 Å². The fourth-order valence-electron chi connectivity index (χ4n) is 2.02. The number of rotatable bonds is 5. The van der Waals surface area contributed by atoms with Crippen molar-refractivity contribution < 1.29 is 13.2 Å². The van der Waals surface area contributed by atoms with Gasteiger partial charge in [-0.2, -0.15) is 0 Å². The predicted octanol–water partition coefficient (Wildman–Crippen LogP) is 3.82. The van der Waals surface area contributed by atoms with Gasteiger partial charge in [-0.1, -0.05) is 18.2 Å². The van der Waals surface area contributed by atoms with Crippen molar-refractivity contribution in [3.05, 3.63) is 71.0 Å². The first-order valence-corrected chi connectivity index (χ1v) is 6.47. The van der Waals surface area contributed by atoms with Gasteiger partial charge in [0.1, 0.15) is 17.5 Å². The molecule has 2 aromatic carbocycles. The SMILES string of the molecule is CC(Cc1ccc(F)cc1)NCc1c(F)cccc1F. The van der Waals surface area contributed by atoms with E-state index in [1.54, 1.807) is 12.1 Å². The van der Waals surface area contributed by atoms with E-state index in [0.29, 0.717) is 6.42 Å². The third-order valence-electron chi connectivity index (χ3n) is 3.14. The summed E-state index contributed by atoms with van der Waals surface area (Å²) in [5, 5.41) is 3.07. The minimum Gasteiger partial charge on any atom is -0.310 e. The lowest BCUT2D eigenvalue weighted by molar-refractivity contribution is 0.498. The lowest BCUT2D eigenvalue weighted by Crippen LogP contribution is -2.28. The maximum atomic E-state index is 13.5. The van der Waals surface area contributed by atoms with E-state index < -0.39 is 11.6 Å². The van der Waals surface area contributed by atoms with Crippen molar-refractivity contribution in [1.29, 1.82) is 0 Å². The molecule has 1 N–H and O–H groups in total. The molecule has 0 aliphatic carbocycles. The molecule has 0 bridgehead atoms. The molecule has 0 aliphatic heterocycles. The van der Waals surface area contributed by atoms with Crippen LogP contribution in [0.2, 0.25) is 0 Å². The summed E-state index contributed by atoms with van der Waals surface area (Å²) in [6, 6.07) is 10.1. The van der Waals surface area contributed by atoms with Crippen molar-refractivity contribution in [2.45, 2.75) is 25.9 Å². The van der Waals surface area contributed by atoms with Gasteiger partial charge in [0, 0.05) is 18.2 Å². The van der Waals surface area contributed by atoms with Crippen LogP contribution in [0.5, 0.6) is 0 Å². The Morgan fingerprint density at radius 3 is 2.15 bits per heavy atom. The molecule has 2 rings (SSSR count). The van der Waals surface area contributed by atoms with E-state index in [-0.39, 0.29) is 24.0 Å². The highest BCUT2D eigenvalue weighted by Crippen LogP contribution is 2.12. The lowest BCUT2D eigenvalue weighted by atomic mass is 10.1. The Labute approximate surface area is 116 Å². The summed E-state index contributed by atoms with van der Waals surface area (Å²) in [5.74, 6) is -1.37. The molecule has 0 aromatic heterocycles. The van der Waals surface area contributed by atoms with Gasteiger partial charge in [0.15, 0.2) is 0 Å². The smallest absolute Gasteiger partial charge is 0.130 e. The standard InChI is InChI=1S/C16H16F3N/c1-11(9-12-5-7-13(17)8-6-12)20-10-14-15(18)3-2-4-16(14)19/h2-8,11,20H,9-10H2,1H3. The van der Waals surface area contributed by atoms with E-state index in [0.717, 1.165) is 5.56 Å². The quantitative estimate of drug-likeness (QED) is 0.877. The predicted molar refractivity (Wildman–Crippen MR) is 72.8 cm³/mol. The Morgan fingerprint density at radius 1 is 0.950 bits per heavy atom. The summed E-state index contributed by atoms with van der Waals surface area (Å²) < 4.78 is 39.7. The molecule has 0 saturated heterocycles. The highest BCUT2D eigenvalue weighted by Gasteiger charge is 2.10. The molecule has 0 aliphatic rings. The molecule has 0 fully saturated rings. The Bertz CT molecular complexity index is 546. The van der Waals surface area contributed by atoms with Gasteiger partial charge in [-0.3, -0.25) is 0 Å². The van der Waals surface area contributed by atoms with Crippen LogP contribution in [0.4, 0.5) is 13.2 Å². The topological polar surface area (TPSA) is 12.0 Å². The number of hydrogen-bond donors (Lipinski definition) is 1. The van der Waals surface area contributed by atoms with Gasteiger partial charge in [-0.25, -0.2) is 13.2 Å². The second-order valence-corrected chi connectivity index (χ2v) is 4.81. The summed E-state index contributed by atoms with van der Waals surface area (Å²) >= 11 is 0. The van der Waals surface area contributed by atoms with Crippen molar-refractivity contribution >= 4 is 0 Å². The van der Waals surface area contributed by atoms with E-state index in [1.165, 1.54) is 30.3 Å². The van der Waals surface area contributed by atoms with Crippen molar-refractivity contribution in [3.8, 4) is 0 Å². The van der Waals surface area contributed by atoms with Crippen LogP contribution in [0.1, 0.15) is 18.1 Å². The normalized spacial score (nSPS) is 12.4. The first kappa shape index (κ1) is 14.6. The average Bonchev–Trinajstić information content (AvgIpc) is 2.41. The van der Waals surface area contributed by atoms with Gasteiger partial charge in [0.25, 0.3) is 0 Å². The number of nitrogens with one attached hydrogen (secondary N) is 1. The second kappa shape index (κ2) is 6.57. The Kier molecular flexibility index (Phi) is 4.79. The number of halogens is 3. The molecule has 20 heavy (non-hydrogen) atoms. The molecule has 0 heterocycles. The lowest BCUT2D eigenvalue weighted by Gasteiger charge is -2.14. The molecule has 2 aromatic rings. The molecular formula is C16H16F3N. The summed E-state index contributed by atoms with van der Waals surface area (Å²) in [6.07, 6.45) is 0.663. The summed E-state index contributed by atoms with van der Waals surface area (Å²) in [5.41, 5.74) is 1.01. The molecule has 0 spiro atoms. The van der Waals surface area contributed by atoms with Crippen LogP contribution in [0, 0.1) is 17.5 Å². The van der Waals surface area contributed by atoms with E-state index >= 15 is 0 Å². The average molecular weight is 279 g/mol. The van der Waals surface area contributed by atoms with Crippen molar-refractivity contribution in [2.24, 2.45) is 0 Å². The molecule has 1 unspecified atom stereocenters. The Balaban J connectivity index is 1.92. The van der Waals surface area contributed by atoms with Crippen LogP contribution in [-0.4, -0.2) is 6.04 Å². The molecule has 1 nitrogen and oxygen atoms in total. The monoisotopic (exact) mass is 279 g/mol. The van der Waals surface area contributed by atoms with Gasteiger partial charge in [0.2, 0.25) is 0 Å². The van der Waals surface area contributed by atoms with Crippen LogP contribution in [0.25, 0.3) is 0 Å². The maximum absolute atomic E-state index is 13.5. The Hall–Kier alpha value is -1.81. The maximum Gasteiger partial charge on any atom is 0.130 e. The number of hydrogen-bond acceptors (Lipinski definition) is 1. The van der Waals surface area contributed by atoms with Crippen LogP contribution < -0.4 is 5.32 Å². The van der Waals surface area contributed by atoms with Crippen LogP contribution in [-0.2, 0) is 13.0 Å². The van der Waals surface area contributed by atoms with E-state index in [1.807, 2.05) is 6.92 Å². The molecule has 0 radical (unpaired) electrons. The van der Waals surface area contributed by atoms with Crippen molar-refractivity contribution in [3.63, 3.8) is 0 Å². The van der Waals surface area contributed by atoms with E-state index in [4.69, 9.17) is 0 Å². The number of benzene rings is 2. The van der Waals surface area contributed by atoms with Crippen LogP contribution in [0.3, 0.4) is 0 Å². The van der Waals surface area contributed by atoms with Gasteiger partial charge >= 0.3 is 0 Å². The molecule has 4 heteroatoms. The highest BCUT2D eigenvalue weighted by atomic mass is 19.1. The third kappa shape index (κ3) is 3.84. The molecule has 0 saturated carbocycles. The minimum absolute atomic E-state index is 0.0273. The van der Waals surface area contributed by atoms with E-state index in [2.05, 4.69) is 5.32 Å². The van der Waals surface area contributed by atoms with Crippen LogP contribution in [0.15, 0.2) is 42.5 Å². The Morgan fingerprint density at radius 2 is 1.55 bits per heavy atom. The van der Waals surface area contributed by atoms with Gasteiger partial charge < -0.3 is 5.32 Å². The zero-order valence-corrected chi connectivity index (χ0v) is 11.2. The first-order valence-electron chi connectivity index (χ1n) is 6.47. The minimum atomic E-state index is -0.550. The fourth-order valence-corrected chi connectivity index (χ4v) is 2.02. The van der Waals surface area contributed by atoms with Crippen molar-refractivity contribution in [1.82, 2.24) is 5.32 Å². The van der Waals surface area contributed by atoms with Gasteiger partial charge in [-0.05, 0) is 43.2 Å². The van der Waals surface area contributed by atoms with E-state index in [9.17, 15) is 13.2 Å². The molecule has 0 amide bonds. The van der Waals surface area contributed by atoms with Gasteiger partial charge in [-0.15, -0.1) is 0 Å².